The summed E-state index contributed by atoms with van der Waals surface area (Å²) in [6.45, 7) is 0. The third-order valence-corrected chi connectivity index (χ3v) is 5.28. The SMILES string of the molecule is Cl.Cl.O=[N+]([O-])c1ccc(N2C=CC(=C3C=CN(c4ccc([N+](=O)[O-])cc4[N+](=O)[O-])C=C3)C=C2)c([N+](=O)[O-])c1. The van der Waals surface area contributed by atoms with E-state index in [1.54, 1.807) is 49.1 Å². The van der Waals surface area contributed by atoms with Crippen LogP contribution in [-0.4, -0.2) is 19.7 Å². The minimum atomic E-state index is -0.711. The van der Waals surface area contributed by atoms with E-state index in [9.17, 15) is 40.5 Å². The summed E-state index contributed by atoms with van der Waals surface area (Å²) in [4.78, 5) is 44.8. The van der Waals surface area contributed by atoms with Gasteiger partial charge in [-0.3, -0.25) is 40.5 Å². The molecule has 2 aromatic rings. The van der Waals surface area contributed by atoms with Crippen molar-refractivity contribution in [2.24, 2.45) is 0 Å². The molecule has 0 saturated heterocycles. The molecule has 4 rings (SSSR count). The lowest BCUT2D eigenvalue weighted by Gasteiger charge is -2.21. The Kier molecular flexibility index (Phi) is 9.03. The number of nitrogens with zero attached hydrogens (tertiary/aromatic N) is 6. The van der Waals surface area contributed by atoms with Crippen molar-refractivity contribution in [3.63, 3.8) is 0 Å². The highest BCUT2D eigenvalue weighted by Gasteiger charge is 2.24. The standard InChI is InChI=1S/C22H14N6O8.2ClH/c29-25(30)17-1-3-19(21(13-17)27(33)34)23-9-5-15(6-10-23)16-7-11-24(12-8-16)20-4-2-18(26(31)32)14-22(20)28(35)36;;/h1-14H;2*1H. The summed E-state index contributed by atoms with van der Waals surface area (Å²) in [7, 11) is 0. The smallest absolute Gasteiger partial charge is 0.300 e. The Bertz CT molecular complexity index is 1340. The van der Waals surface area contributed by atoms with E-state index in [-0.39, 0.29) is 36.2 Å². The van der Waals surface area contributed by atoms with Crippen molar-refractivity contribution in [2.75, 3.05) is 9.80 Å². The number of halogens is 2. The van der Waals surface area contributed by atoms with E-state index >= 15 is 0 Å². The molecule has 38 heavy (non-hydrogen) atoms. The second-order valence-corrected chi connectivity index (χ2v) is 7.36. The molecule has 2 aliphatic heterocycles. The van der Waals surface area contributed by atoms with E-state index in [0.29, 0.717) is 0 Å². The van der Waals surface area contributed by atoms with Crippen molar-refractivity contribution in [3.8, 4) is 0 Å². The Morgan fingerprint density at radius 2 is 0.816 bits per heavy atom. The normalized spacial score (nSPS) is 13.6. The molecule has 0 fully saturated rings. The number of nitro groups is 4. The molecule has 0 amide bonds. The maximum absolute atomic E-state index is 11.4. The lowest BCUT2D eigenvalue weighted by molar-refractivity contribution is -0.393. The van der Waals surface area contributed by atoms with Crippen molar-refractivity contribution < 1.29 is 19.7 Å². The van der Waals surface area contributed by atoms with Crippen LogP contribution in [0, 0.1) is 40.5 Å². The van der Waals surface area contributed by atoms with Gasteiger partial charge in [-0.2, -0.15) is 0 Å². The van der Waals surface area contributed by atoms with Gasteiger partial charge >= 0.3 is 0 Å². The van der Waals surface area contributed by atoms with Crippen LogP contribution < -0.4 is 9.80 Å². The lowest BCUT2D eigenvalue weighted by atomic mass is 10.0. The van der Waals surface area contributed by atoms with Gasteiger partial charge in [0.2, 0.25) is 0 Å². The number of rotatable bonds is 6. The van der Waals surface area contributed by atoms with Gasteiger partial charge in [0.05, 0.1) is 31.8 Å². The zero-order valence-electron chi connectivity index (χ0n) is 18.8. The monoisotopic (exact) mass is 562 g/mol. The molecule has 0 radical (unpaired) electrons. The largest absolute Gasteiger partial charge is 0.318 e. The Balaban J connectivity index is 0.00000253. The number of anilines is 2. The summed E-state index contributed by atoms with van der Waals surface area (Å²) in [5.74, 6) is 0. The first kappa shape index (κ1) is 29.2. The van der Waals surface area contributed by atoms with Crippen LogP contribution >= 0.6 is 24.8 Å². The van der Waals surface area contributed by atoms with Gasteiger partial charge in [-0.25, -0.2) is 0 Å². The molecule has 14 nitrogen and oxygen atoms in total. The molecule has 2 heterocycles. The van der Waals surface area contributed by atoms with Crippen molar-refractivity contribution >= 4 is 58.9 Å². The molecular formula is C22H16Cl2N6O8. The molecule has 0 spiro atoms. The fraction of sp³-hybridized carbons (Fsp3) is 0. The van der Waals surface area contributed by atoms with Crippen LogP contribution in [0.4, 0.5) is 34.1 Å². The number of non-ortho nitro benzene ring substituents is 2. The fourth-order valence-electron chi connectivity index (χ4n) is 3.54. The number of allylic oxidation sites excluding steroid dienone is 6. The van der Waals surface area contributed by atoms with E-state index in [0.717, 1.165) is 23.3 Å². The van der Waals surface area contributed by atoms with Crippen molar-refractivity contribution in [3.05, 3.63) is 137 Å². The molecule has 2 aliphatic rings. The van der Waals surface area contributed by atoms with Gasteiger partial charge in [-0.1, -0.05) is 0 Å². The van der Waals surface area contributed by atoms with Crippen LogP contribution in [0.25, 0.3) is 0 Å². The molecule has 0 N–H and O–H groups in total. The zero-order chi connectivity index (χ0) is 26.0. The van der Waals surface area contributed by atoms with Gasteiger partial charge in [0, 0.05) is 36.9 Å². The van der Waals surface area contributed by atoms with Gasteiger partial charge in [0.15, 0.2) is 0 Å². The second kappa shape index (κ2) is 11.8. The highest BCUT2D eigenvalue weighted by atomic mass is 35.5. The van der Waals surface area contributed by atoms with Crippen molar-refractivity contribution in [1.82, 2.24) is 0 Å². The molecule has 0 aromatic heterocycles. The Morgan fingerprint density at radius 1 is 0.500 bits per heavy atom. The maximum atomic E-state index is 11.4. The van der Waals surface area contributed by atoms with E-state index < -0.39 is 42.4 Å². The lowest BCUT2D eigenvalue weighted by Crippen LogP contribution is -2.14. The second-order valence-electron chi connectivity index (χ2n) is 7.36. The van der Waals surface area contributed by atoms with Crippen LogP contribution in [0.2, 0.25) is 0 Å². The summed E-state index contributed by atoms with van der Waals surface area (Å²) in [6.07, 6.45) is 13.0. The quantitative estimate of drug-likeness (QED) is 0.305. The highest BCUT2D eigenvalue weighted by molar-refractivity contribution is 5.85. The molecule has 0 unspecified atom stereocenters. The highest BCUT2D eigenvalue weighted by Crippen LogP contribution is 2.36. The van der Waals surface area contributed by atoms with Crippen LogP contribution in [-0.2, 0) is 0 Å². The molecule has 0 aliphatic carbocycles. The average molecular weight is 563 g/mol. The van der Waals surface area contributed by atoms with E-state index in [1.165, 1.54) is 34.1 Å². The first-order valence-corrected chi connectivity index (χ1v) is 10.0. The topological polar surface area (TPSA) is 179 Å². The third kappa shape index (κ3) is 5.83. The minimum Gasteiger partial charge on any atom is -0.318 e. The average Bonchev–Trinajstić information content (AvgIpc) is 2.88. The Labute approximate surface area is 225 Å². The van der Waals surface area contributed by atoms with E-state index in [1.807, 2.05) is 0 Å². The van der Waals surface area contributed by atoms with Gasteiger partial charge < -0.3 is 9.80 Å². The first-order valence-electron chi connectivity index (χ1n) is 10.0. The molecule has 196 valence electrons. The Hall–Kier alpha value is -5.08. The summed E-state index contributed by atoms with van der Waals surface area (Å²) in [5, 5.41) is 44.7. The number of hydrogen-bond acceptors (Lipinski definition) is 10. The predicted molar refractivity (Wildman–Crippen MR) is 143 cm³/mol. The summed E-state index contributed by atoms with van der Waals surface area (Å²) in [6, 6.07) is 6.72. The molecule has 16 heteroatoms. The van der Waals surface area contributed by atoms with Gasteiger partial charge in [0.1, 0.15) is 11.4 Å². The molecule has 0 bridgehead atoms. The zero-order valence-corrected chi connectivity index (χ0v) is 20.5. The van der Waals surface area contributed by atoms with Gasteiger partial charge in [-0.05, 0) is 47.6 Å². The van der Waals surface area contributed by atoms with E-state index in [4.69, 9.17) is 0 Å². The number of nitro benzene ring substituents is 4. The van der Waals surface area contributed by atoms with Crippen LogP contribution in [0.15, 0.2) is 96.6 Å². The van der Waals surface area contributed by atoms with Crippen LogP contribution in [0.3, 0.4) is 0 Å². The number of benzene rings is 2. The van der Waals surface area contributed by atoms with Crippen LogP contribution in [0.5, 0.6) is 0 Å². The maximum Gasteiger partial charge on any atom is 0.300 e. The summed E-state index contributed by atoms with van der Waals surface area (Å²) < 4.78 is 0. The van der Waals surface area contributed by atoms with Gasteiger partial charge in [0.25, 0.3) is 22.7 Å². The minimum absolute atomic E-state index is 0. The molecule has 0 atom stereocenters. The summed E-state index contributed by atoms with van der Waals surface area (Å²) >= 11 is 0. The van der Waals surface area contributed by atoms with Crippen LogP contribution in [0.1, 0.15) is 0 Å². The molecule has 0 saturated carbocycles. The fourth-order valence-corrected chi connectivity index (χ4v) is 3.54. The van der Waals surface area contributed by atoms with Gasteiger partial charge in [-0.15, -0.1) is 24.8 Å². The molecular weight excluding hydrogens is 547 g/mol. The first-order chi connectivity index (χ1) is 17.2. The van der Waals surface area contributed by atoms with Crippen molar-refractivity contribution in [2.45, 2.75) is 0 Å². The Morgan fingerprint density at radius 3 is 1.08 bits per heavy atom. The molecule has 2 aromatic carbocycles. The number of hydrogen-bond donors (Lipinski definition) is 0. The summed E-state index contributed by atoms with van der Waals surface area (Å²) in [5.41, 5.74) is 0.103. The predicted octanol–water partition coefficient (Wildman–Crippen LogP) is 5.85. The third-order valence-electron chi connectivity index (χ3n) is 5.28. The van der Waals surface area contributed by atoms with E-state index in [2.05, 4.69) is 0 Å². The van der Waals surface area contributed by atoms with Crippen molar-refractivity contribution in [1.29, 1.82) is 0 Å².